The molecule has 0 aromatic heterocycles. The summed E-state index contributed by atoms with van der Waals surface area (Å²) in [7, 11) is 0. The molecule has 1 aromatic carbocycles. The topological polar surface area (TPSA) is 53.1 Å². The number of carbonyl (C=O) groups excluding carboxylic acids is 2. The first-order valence-corrected chi connectivity index (χ1v) is 9.00. The molecule has 2 heterocycles. The van der Waals surface area contributed by atoms with Crippen molar-refractivity contribution in [3.05, 3.63) is 29.8 Å². The Balaban J connectivity index is 1.48. The molecule has 6 heteroatoms. The summed E-state index contributed by atoms with van der Waals surface area (Å²) in [5, 5.41) is 0. The van der Waals surface area contributed by atoms with Gasteiger partial charge in [-0.2, -0.15) is 0 Å². The number of carbonyl (C=O) groups is 2. The highest BCUT2D eigenvalue weighted by Gasteiger charge is 2.25. The average molecular weight is 345 g/mol. The number of anilines is 1. The smallest absolute Gasteiger partial charge is 0.236 e. The van der Waals surface area contributed by atoms with Crippen molar-refractivity contribution in [1.82, 2.24) is 9.80 Å². The van der Waals surface area contributed by atoms with Gasteiger partial charge in [0.2, 0.25) is 5.91 Å². The second-order valence-electron chi connectivity index (χ2n) is 6.89. The lowest BCUT2D eigenvalue weighted by molar-refractivity contribution is -0.139. The molecule has 2 aliphatic rings. The van der Waals surface area contributed by atoms with Crippen molar-refractivity contribution >= 4 is 17.4 Å². The highest BCUT2D eigenvalue weighted by molar-refractivity contribution is 5.94. The maximum Gasteiger partial charge on any atom is 0.236 e. The number of piperazine rings is 1. The van der Waals surface area contributed by atoms with Gasteiger partial charge in [0.05, 0.1) is 19.3 Å². The monoisotopic (exact) mass is 345 g/mol. The molecule has 6 nitrogen and oxygen atoms in total. The van der Waals surface area contributed by atoms with E-state index in [2.05, 4.69) is 9.80 Å². The summed E-state index contributed by atoms with van der Waals surface area (Å²) < 4.78 is 5.50. The molecule has 1 amide bonds. The van der Waals surface area contributed by atoms with Gasteiger partial charge in [0, 0.05) is 50.5 Å². The number of hydrogen-bond acceptors (Lipinski definition) is 5. The number of amides is 1. The average Bonchev–Trinajstić information content (AvgIpc) is 2.62. The third-order valence-corrected chi connectivity index (χ3v) is 4.96. The Bertz CT molecular complexity index is 609. The van der Waals surface area contributed by atoms with Gasteiger partial charge in [0.25, 0.3) is 0 Å². The third-order valence-electron chi connectivity index (χ3n) is 4.96. The van der Waals surface area contributed by atoms with E-state index in [1.54, 1.807) is 6.92 Å². The summed E-state index contributed by atoms with van der Waals surface area (Å²) >= 11 is 0. The first kappa shape index (κ1) is 17.9. The van der Waals surface area contributed by atoms with Gasteiger partial charge in [-0.05, 0) is 38.1 Å². The van der Waals surface area contributed by atoms with Crippen LogP contribution in [-0.2, 0) is 9.53 Å². The fourth-order valence-electron chi connectivity index (χ4n) is 3.41. The Labute approximate surface area is 149 Å². The lowest BCUT2D eigenvalue weighted by Gasteiger charge is -2.37. The van der Waals surface area contributed by atoms with Crippen LogP contribution in [0.15, 0.2) is 24.3 Å². The minimum Gasteiger partial charge on any atom is -0.375 e. The summed E-state index contributed by atoms with van der Waals surface area (Å²) in [5.41, 5.74) is 1.88. The Morgan fingerprint density at radius 1 is 1.08 bits per heavy atom. The molecular formula is C19H27N3O3. The number of ether oxygens (including phenoxy) is 1. The Morgan fingerprint density at radius 3 is 2.36 bits per heavy atom. The predicted molar refractivity (Wildman–Crippen MR) is 97.1 cm³/mol. The number of ketones is 1. The molecule has 2 fully saturated rings. The van der Waals surface area contributed by atoms with Crippen LogP contribution in [0.2, 0.25) is 0 Å². The number of rotatable bonds is 4. The van der Waals surface area contributed by atoms with Crippen LogP contribution in [-0.4, -0.2) is 80.0 Å². The first-order valence-electron chi connectivity index (χ1n) is 9.00. The molecule has 0 N–H and O–H groups in total. The second kappa shape index (κ2) is 7.97. The maximum atomic E-state index is 12.4. The maximum absolute atomic E-state index is 12.4. The van der Waals surface area contributed by atoms with Gasteiger partial charge in [-0.3, -0.25) is 14.5 Å². The molecule has 136 valence electrons. The highest BCUT2D eigenvalue weighted by Crippen LogP contribution is 2.18. The van der Waals surface area contributed by atoms with Crippen LogP contribution < -0.4 is 4.90 Å². The van der Waals surface area contributed by atoms with Crippen LogP contribution in [0, 0.1) is 0 Å². The number of Topliss-reactive ketones (excluding diaryl/α,β-unsaturated/α-hetero) is 1. The van der Waals surface area contributed by atoms with Crippen LogP contribution in [0.1, 0.15) is 24.2 Å². The van der Waals surface area contributed by atoms with Gasteiger partial charge in [-0.25, -0.2) is 0 Å². The van der Waals surface area contributed by atoms with Crippen LogP contribution in [0.5, 0.6) is 0 Å². The minimum absolute atomic E-state index is 0.0901. The largest absolute Gasteiger partial charge is 0.375 e. The summed E-state index contributed by atoms with van der Waals surface area (Å²) in [6, 6.07) is 7.78. The number of benzene rings is 1. The molecule has 0 saturated carbocycles. The molecule has 1 aromatic rings. The van der Waals surface area contributed by atoms with E-state index in [9.17, 15) is 9.59 Å². The van der Waals surface area contributed by atoms with Gasteiger partial charge in [0.15, 0.2) is 5.78 Å². The molecular weight excluding hydrogens is 318 g/mol. The summed E-state index contributed by atoms with van der Waals surface area (Å²) in [4.78, 5) is 30.3. The molecule has 0 spiro atoms. The first-order chi connectivity index (χ1) is 12.0. The van der Waals surface area contributed by atoms with Crippen LogP contribution in [0.3, 0.4) is 0 Å². The molecule has 0 radical (unpaired) electrons. The number of morpholine rings is 1. The molecule has 1 atom stereocenters. The van der Waals surface area contributed by atoms with E-state index in [0.717, 1.165) is 37.4 Å². The zero-order chi connectivity index (χ0) is 17.8. The third kappa shape index (κ3) is 4.58. The molecule has 3 rings (SSSR count). The molecule has 2 aliphatic heterocycles. The van der Waals surface area contributed by atoms with E-state index >= 15 is 0 Å². The van der Waals surface area contributed by atoms with E-state index < -0.39 is 0 Å². The van der Waals surface area contributed by atoms with Crippen molar-refractivity contribution in [3.8, 4) is 0 Å². The quantitative estimate of drug-likeness (QED) is 0.769. The van der Waals surface area contributed by atoms with Crippen molar-refractivity contribution < 1.29 is 14.3 Å². The zero-order valence-corrected chi connectivity index (χ0v) is 15.1. The van der Waals surface area contributed by atoms with E-state index in [4.69, 9.17) is 4.74 Å². The number of nitrogens with zero attached hydrogens (tertiary/aromatic N) is 3. The Hall–Kier alpha value is -1.92. The van der Waals surface area contributed by atoms with E-state index in [0.29, 0.717) is 26.2 Å². The molecule has 1 unspecified atom stereocenters. The summed E-state index contributed by atoms with van der Waals surface area (Å²) in [5.74, 6) is 0.293. The number of hydrogen-bond donors (Lipinski definition) is 0. The highest BCUT2D eigenvalue weighted by atomic mass is 16.5. The van der Waals surface area contributed by atoms with Crippen molar-refractivity contribution in [2.75, 3.05) is 57.3 Å². The van der Waals surface area contributed by atoms with E-state index in [-0.39, 0.29) is 17.8 Å². The SMILES string of the molecule is CC(=O)c1ccc(N2CCN(CC(=O)N3CCOC(C)C3)CC2)cc1. The van der Waals surface area contributed by atoms with Crippen molar-refractivity contribution in [3.63, 3.8) is 0 Å². The van der Waals surface area contributed by atoms with E-state index in [1.165, 1.54) is 0 Å². The van der Waals surface area contributed by atoms with Gasteiger partial charge in [-0.1, -0.05) is 0 Å². The standard InChI is InChI=1S/C19H27N3O3/c1-15-13-22(11-12-25-15)19(24)14-20-7-9-21(10-8-20)18-5-3-17(4-6-18)16(2)23/h3-6,15H,7-14H2,1-2H3. The molecule has 25 heavy (non-hydrogen) atoms. The van der Waals surface area contributed by atoms with Crippen LogP contribution in [0.4, 0.5) is 5.69 Å². The van der Waals surface area contributed by atoms with Crippen LogP contribution in [0.25, 0.3) is 0 Å². The van der Waals surface area contributed by atoms with Gasteiger partial charge in [0.1, 0.15) is 0 Å². The zero-order valence-electron chi connectivity index (χ0n) is 15.1. The van der Waals surface area contributed by atoms with Gasteiger partial charge in [-0.15, -0.1) is 0 Å². The van der Waals surface area contributed by atoms with Crippen molar-refractivity contribution in [2.45, 2.75) is 20.0 Å². The minimum atomic E-state index is 0.0901. The van der Waals surface area contributed by atoms with Gasteiger partial charge >= 0.3 is 0 Å². The van der Waals surface area contributed by atoms with Gasteiger partial charge < -0.3 is 14.5 Å². The Morgan fingerprint density at radius 2 is 1.76 bits per heavy atom. The van der Waals surface area contributed by atoms with E-state index in [1.807, 2.05) is 36.1 Å². The predicted octanol–water partition coefficient (Wildman–Crippen LogP) is 1.26. The fourth-order valence-corrected chi connectivity index (χ4v) is 3.41. The normalized spacial score (nSPS) is 22.1. The Kier molecular flexibility index (Phi) is 5.71. The second-order valence-corrected chi connectivity index (χ2v) is 6.89. The van der Waals surface area contributed by atoms with Crippen molar-refractivity contribution in [2.24, 2.45) is 0 Å². The van der Waals surface area contributed by atoms with Crippen LogP contribution >= 0.6 is 0 Å². The lowest BCUT2D eigenvalue weighted by atomic mass is 10.1. The summed E-state index contributed by atoms with van der Waals surface area (Å²) in [6.45, 7) is 9.65. The fraction of sp³-hybridized carbons (Fsp3) is 0.579. The molecule has 0 aliphatic carbocycles. The summed E-state index contributed by atoms with van der Waals surface area (Å²) in [6.07, 6.45) is 0.132. The van der Waals surface area contributed by atoms with Crippen molar-refractivity contribution in [1.29, 1.82) is 0 Å². The molecule has 0 bridgehead atoms. The molecule has 2 saturated heterocycles. The lowest BCUT2D eigenvalue weighted by Crippen LogP contribution is -2.52.